The number of anilines is 3. The number of likely N-dealkylation sites (N-methyl/N-ethyl adjacent to an activating group) is 1. The molecule has 1 N–H and O–H groups in total. The van der Waals surface area contributed by atoms with E-state index in [1.54, 1.807) is 0 Å². The average molecular weight is 422 g/mol. The molecule has 2 fully saturated rings. The number of nitrogens with one attached hydrogen (secondary N) is 1. The molecule has 6 heteroatoms. The van der Waals surface area contributed by atoms with Gasteiger partial charge in [-0.3, -0.25) is 0 Å². The second-order valence-corrected chi connectivity index (χ2v) is 9.16. The molecule has 2 aromatic carbocycles. The van der Waals surface area contributed by atoms with Crippen molar-refractivity contribution < 1.29 is 4.79 Å². The van der Waals surface area contributed by atoms with Gasteiger partial charge < -0.3 is 24.9 Å². The maximum Gasteiger partial charge on any atom is 0.321 e. The standard InChI is InChI=1S/C25H35N5O/c1-19-6-5-7-23(16-19)30-15-14-29(17-20(30)2)25(31)26-21-8-10-22(11-9-21)28-13-12-24(18-28)27(3)4/h5-11,16,20,24H,12-15,17-18H2,1-4H3,(H,26,31). The fourth-order valence-electron chi connectivity index (χ4n) is 4.69. The van der Waals surface area contributed by atoms with Crippen molar-refractivity contribution in [3.05, 3.63) is 54.1 Å². The van der Waals surface area contributed by atoms with Crippen LogP contribution in [-0.2, 0) is 0 Å². The van der Waals surface area contributed by atoms with Gasteiger partial charge in [0.25, 0.3) is 0 Å². The van der Waals surface area contributed by atoms with E-state index in [0.717, 1.165) is 38.4 Å². The van der Waals surface area contributed by atoms with Crippen molar-refractivity contribution in [2.45, 2.75) is 32.4 Å². The van der Waals surface area contributed by atoms with E-state index in [2.05, 4.69) is 84.4 Å². The van der Waals surface area contributed by atoms with Gasteiger partial charge in [-0.25, -0.2) is 4.79 Å². The Bertz CT molecular complexity index is 897. The molecule has 4 rings (SSSR count). The predicted molar refractivity (Wildman–Crippen MR) is 129 cm³/mol. The van der Waals surface area contributed by atoms with Gasteiger partial charge in [-0.1, -0.05) is 12.1 Å². The van der Waals surface area contributed by atoms with Gasteiger partial charge in [-0.15, -0.1) is 0 Å². The molecule has 0 radical (unpaired) electrons. The fourth-order valence-corrected chi connectivity index (χ4v) is 4.69. The van der Waals surface area contributed by atoms with Crippen LogP contribution in [0.15, 0.2) is 48.5 Å². The number of carbonyl (C=O) groups is 1. The molecule has 0 aliphatic carbocycles. The van der Waals surface area contributed by atoms with Crippen LogP contribution in [0.5, 0.6) is 0 Å². The van der Waals surface area contributed by atoms with Gasteiger partial charge in [0.1, 0.15) is 0 Å². The third-order valence-electron chi connectivity index (χ3n) is 6.63. The molecule has 0 aromatic heterocycles. The lowest BCUT2D eigenvalue weighted by Crippen LogP contribution is -2.54. The molecule has 0 saturated carbocycles. The van der Waals surface area contributed by atoms with Crippen molar-refractivity contribution in [2.75, 3.05) is 61.9 Å². The van der Waals surface area contributed by atoms with Gasteiger partial charge in [-0.2, -0.15) is 0 Å². The van der Waals surface area contributed by atoms with E-state index >= 15 is 0 Å². The van der Waals surface area contributed by atoms with Gasteiger partial charge in [0.05, 0.1) is 0 Å². The number of nitrogens with zero attached hydrogens (tertiary/aromatic N) is 4. The monoisotopic (exact) mass is 421 g/mol. The first-order chi connectivity index (χ1) is 14.9. The summed E-state index contributed by atoms with van der Waals surface area (Å²) in [6.07, 6.45) is 1.19. The molecule has 2 saturated heterocycles. The molecule has 6 nitrogen and oxygen atoms in total. The quantitative estimate of drug-likeness (QED) is 0.814. The van der Waals surface area contributed by atoms with Crippen LogP contribution in [0.25, 0.3) is 0 Å². The summed E-state index contributed by atoms with van der Waals surface area (Å²) in [6, 6.07) is 17.7. The SMILES string of the molecule is Cc1cccc(N2CCN(C(=O)Nc3ccc(N4CCC(N(C)C)C4)cc3)CC2C)c1. The Hall–Kier alpha value is -2.73. The summed E-state index contributed by atoms with van der Waals surface area (Å²) in [6.45, 7) is 8.74. The number of amides is 2. The van der Waals surface area contributed by atoms with Crippen LogP contribution in [0.4, 0.5) is 21.9 Å². The van der Waals surface area contributed by atoms with Crippen molar-refractivity contribution in [1.82, 2.24) is 9.80 Å². The number of carbonyl (C=O) groups excluding carboxylic acids is 1. The van der Waals surface area contributed by atoms with Gasteiger partial charge in [0.15, 0.2) is 0 Å². The van der Waals surface area contributed by atoms with Crippen molar-refractivity contribution >= 4 is 23.1 Å². The summed E-state index contributed by atoms with van der Waals surface area (Å²) in [4.78, 5) is 21.9. The second-order valence-electron chi connectivity index (χ2n) is 9.16. The third kappa shape index (κ3) is 4.96. The van der Waals surface area contributed by atoms with Gasteiger partial charge >= 0.3 is 6.03 Å². The lowest BCUT2D eigenvalue weighted by molar-refractivity contribution is 0.200. The smallest absolute Gasteiger partial charge is 0.321 e. The molecule has 2 unspecified atom stereocenters. The highest BCUT2D eigenvalue weighted by molar-refractivity contribution is 5.89. The van der Waals surface area contributed by atoms with Crippen molar-refractivity contribution in [3.63, 3.8) is 0 Å². The Labute approximate surface area is 186 Å². The number of piperazine rings is 1. The zero-order chi connectivity index (χ0) is 22.0. The van der Waals surface area contributed by atoms with E-state index in [9.17, 15) is 4.79 Å². The molecule has 31 heavy (non-hydrogen) atoms. The van der Waals surface area contributed by atoms with E-state index in [1.807, 2.05) is 17.0 Å². The van der Waals surface area contributed by atoms with Crippen LogP contribution >= 0.6 is 0 Å². The number of aryl methyl sites for hydroxylation is 1. The highest BCUT2D eigenvalue weighted by Gasteiger charge is 2.27. The predicted octanol–water partition coefficient (Wildman–Crippen LogP) is 3.88. The molecule has 2 aliphatic heterocycles. The molecular formula is C25H35N5O. The van der Waals surface area contributed by atoms with Crippen molar-refractivity contribution in [3.8, 4) is 0 Å². The summed E-state index contributed by atoms with van der Waals surface area (Å²) in [7, 11) is 4.29. The zero-order valence-electron chi connectivity index (χ0n) is 19.2. The highest BCUT2D eigenvalue weighted by Crippen LogP contribution is 2.25. The van der Waals surface area contributed by atoms with Crippen LogP contribution in [0.3, 0.4) is 0 Å². The fraction of sp³-hybridized carbons (Fsp3) is 0.480. The minimum atomic E-state index is -0.0164. The first kappa shape index (κ1) is 21.5. The Kier molecular flexibility index (Phi) is 6.37. The van der Waals surface area contributed by atoms with Crippen LogP contribution in [-0.4, -0.2) is 74.7 Å². The molecule has 2 aromatic rings. The number of benzene rings is 2. The number of rotatable bonds is 4. The second kappa shape index (κ2) is 9.18. The molecule has 2 heterocycles. The van der Waals surface area contributed by atoms with Gasteiger partial charge in [-0.05, 0) is 76.3 Å². The summed E-state index contributed by atoms with van der Waals surface area (Å²) < 4.78 is 0. The summed E-state index contributed by atoms with van der Waals surface area (Å²) in [5.41, 5.74) is 4.58. The first-order valence-electron chi connectivity index (χ1n) is 11.3. The normalized spacial score (nSPS) is 21.6. The van der Waals surface area contributed by atoms with E-state index in [0.29, 0.717) is 6.04 Å². The molecule has 166 valence electrons. The number of hydrogen-bond acceptors (Lipinski definition) is 4. The van der Waals surface area contributed by atoms with E-state index in [4.69, 9.17) is 0 Å². The summed E-state index contributed by atoms with van der Waals surface area (Å²) >= 11 is 0. The third-order valence-corrected chi connectivity index (χ3v) is 6.63. The van der Waals surface area contributed by atoms with E-state index < -0.39 is 0 Å². The average Bonchev–Trinajstić information content (AvgIpc) is 3.25. The number of urea groups is 1. The minimum Gasteiger partial charge on any atom is -0.370 e. The lowest BCUT2D eigenvalue weighted by Gasteiger charge is -2.41. The molecular weight excluding hydrogens is 386 g/mol. The van der Waals surface area contributed by atoms with Crippen LogP contribution in [0.2, 0.25) is 0 Å². The van der Waals surface area contributed by atoms with Crippen molar-refractivity contribution in [2.24, 2.45) is 0 Å². The van der Waals surface area contributed by atoms with Gasteiger partial charge in [0.2, 0.25) is 0 Å². The Balaban J connectivity index is 1.32. The number of hydrogen-bond donors (Lipinski definition) is 1. The first-order valence-corrected chi connectivity index (χ1v) is 11.3. The van der Waals surface area contributed by atoms with Crippen LogP contribution in [0.1, 0.15) is 18.9 Å². The van der Waals surface area contributed by atoms with E-state index in [-0.39, 0.29) is 12.1 Å². The maximum atomic E-state index is 12.8. The molecule has 0 bridgehead atoms. The Morgan fingerprint density at radius 2 is 1.77 bits per heavy atom. The highest BCUT2D eigenvalue weighted by atomic mass is 16.2. The minimum absolute atomic E-state index is 0.0164. The van der Waals surface area contributed by atoms with Crippen molar-refractivity contribution in [1.29, 1.82) is 0 Å². The topological polar surface area (TPSA) is 42.1 Å². The zero-order valence-corrected chi connectivity index (χ0v) is 19.2. The van der Waals surface area contributed by atoms with E-state index in [1.165, 1.54) is 23.4 Å². The summed E-state index contributed by atoms with van der Waals surface area (Å²) in [5, 5.41) is 3.08. The lowest BCUT2D eigenvalue weighted by atomic mass is 10.1. The van der Waals surface area contributed by atoms with Gasteiger partial charge in [0, 0.05) is 61.9 Å². The largest absolute Gasteiger partial charge is 0.370 e. The maximum absolute atomic E-state index is 12.8. The molecule has 2 amide bonds. The Morgan fingerprint density at radius 1 is 1.00 bits per heavy atom. The molecule has 0 spiro atoms. The van der Waals surface area contributed by atoms with Crippen LogP contribution in [0, 0.1) is 6.92 Å². The Morgan fingerprint density at radius 3 is 2.42 bits per heavy atom. The molecule has 2 aliphatic rings. The molecule has 2 atom stereocenters. The summed E-state index contributed by atoms with van der Waals surface area (Å²) in [5.74, 6) is 0. The van der Waals surface area contributed by atoms with Crippen LogP contribution < -0.4 is 15.1 Å².